The van der Waals surface area contributed by atoms with Crippen LogP contribution in [0.4, 0.5) is 0 Å². The second-order valence-electron chi connectivity index (χ2n) is 2.85. The van der Waals surface area contributed by atoms with Gasteiger partial charge in [0, 0.05) is 6.20 Å². The summed E-state index contributed by atoms with van der Waals surface area (Å²) < 4.78 is 0. The van der Waals surface area contributed by atoms with Gasteiger partial charge in [0.1, 0.15) is 5.69 Å². The van der Waals surface area contributed by atoms with Gasteiger partial charge in [0.05, 0.1) is 0 Å². The monoisotopic (exact) mass is 147 g/mol. The molecule has 2 nitrogen and oxygen atoms in total. The molecule has 2 heteroatoms. The van der Waals surface area contributed by atoms with E-state index in [1.54, 1.807) is 0 Å². The summed E-state index contributed by atoms with van der Waals surface area (Å²) in [4.78, 5) is 14.3. The number of aromatic nitrogens is 1. The molecule has 1 aliphatic rings. The van der Waals surface area contributed by atoms with Gasteiger partial charge in [-0.1, -0.05) is 0 Å². The summed E-state index contributed by atoms with van der Waals surface area (Å²) in [5.74, 6) is 0. The molecule has 0 aromatic carbocycles. The molecule has 0 amide bonds. The standard InChI is InChI=1S/C9H9NO/c11-6-9-4-7-2-1-3-8(7)5-10-9/h4-6H,1-3H2. The third kappa shape index (κ3) is 1.04. The van der Waals surface area contributed by atoms with Crippen LogP contribution in [0.25, 0.3) is 0 Å². The second-order valence-corrected chi connectivity index (χ2v) is 2.85. The zero-order chi connectivity index (χ0) is 7.68. The van der Waals surface area contributed by atoms with Gasteiger partial charge in [0.25, 0.3) is 0 Å². The van der Waals surface area contributed by atoms with Crippen molar-refractivity contribution >= 4 is 6.29 Å². The average Bonchev–Trinajstić information content (AvgIpc) is 2.50. The fourth-order valence-corrected chi connectivity index (χ4v) is 1.54. The Morgan fingerprint density at radius 3 is 3.00 bits per heavy atom. The molecule has 0 unspecified atom stereocenters. The molecule has 0 aliphatic heterocycles. The Balaban J connectivity index is 2.48. The van der Waals surface area contributed by atoms with E-state index in [-0.39, 0.29) is 0 Å². The van der Waals surface area contributed by atoms with Crippen molar-refractivity contribution in [3.05, 3.63) is 29.1 Å². The Morgan fingerprint density at radius 2 is 2.18 bits per heavy atom. The van der Waals surface area contributed by atoms with Gasteiger partial charge >= 0.3 is 0 Å². The third-order valence-electron chi connectivity index (χ3n) is 2.12. The lowest BCUT2D eigenvalue weighted by atomic mass is 10.1. The SMILES string of the molecule is O=Cc1cc2c(cn1)CCC2. The van der Waals surface area contributed by atoms with Gasteiger partial charge in [-0.05, 0) is 36.5 Å². The summed E-state index contributed by atoms with van der Waals surface area (Å²) in [6, 6.07) is 1.90. The highest BCUT2D eigenvalue weighted by molar-refractivity contribution is 5.72. The number of nitrogens with zero attached hydrogens (tertiary/aromatic N) is 1. The lowest BCUT2D eigenvalue weighted by molar-refractivity contribution is 0.111. The number of fused-ring (bicyclic) bond motifs is 1. The average molecular weight is 147 g/mol. The van der Waals surface area contributed by atoms with Crippen molar-refractivity contribution < 1.29 is 4.79 Å². The fraction of sp³-hybridized carbons (Fsp3) is 0.333. The van der Waals surface area contributed by atoms with E-state index in [0.29, 0.717) is 5.69 Å². The summed E-state index contributed by atoms with van der Waals surface area (Å²) >= 11 is 0. The van der Waals surface area contributed by atoms with Crippen LogP contribution in [-0.2, 0) is 12.8 Å². The number of carbonyl (C=O) groups is 1. The zero-order valence-corrected chi connectivity index (χ0v) is 6.21. The van der Waals surface area contributed by atoms with Gasteiger partial charge < -0.3 is 0 Å². The smallest absolute Gasteiger partial charge is 0.168 e. The highest BCUT2D eigenvalue weighted by Crippen LogP contribution is 2.20. The molecule has 1 aliphatic carbocycles. The quantitative estimate of drug-likeness (QED) is 0.562. The number of aryl methyl sites for hydroxylation is 2. The predicted molar refractivity (Wildman–Crippen MR) is 41.6 cm³/mol. The molecule has 0 bridgehead atoms. The fourth-order valence-electron chi connectivity index (χ4n) is 1.54. The predicted octanol–water partition coefficient (Wildman–Crippen LogP) is 1.38. The van der Waals surface area contributed by atoms with Crippen LogP contribution in [0.2, 0.25) is 0 Å². The van der Waals surface area contributed by atoms with E-state index in [1.165, 1.54) is 17.5 Å². The summed E-state index contributed by atoms with van der Waals surface area (Å²) in [7, 11) is 0. The van der Waals surface area contributed by atoms with Crippen molar-refractivity contribution in [1.29, 1.82) is 0 Å². The zero-order valence-electron chi connectivity index (χ0n) is 6.21. The van der Waals surface area contributed by atoms with E-state index in [1.807, 2.05) is 12.3 Å². The number of rotatable bonds is 1. The molecule has 0 radical (unpaired) electrons. The molecule has 0 fully saturated rings. The first-order valence-corrected chi connectivity index (χ1v) is 3.83. The van der Waals surface area contributed by atoms with Crippen molar-refractivity contribution in [2.45, 2.75) is 19.3 Å². The Kier molecular flexibility index (Phi) is 1.46. The number of pyridine rings is 1. The van der Waals surface area contributed by atoms with Crippen LogP contribution in [0.3, 0.4) is 0 Å². The minimum absolute atomic E-state index is 0.561. The van der Waals surface area contributed by atoms with E-state index in [9.17, 15) is 4.79 Å². The molecular formula is C9H9NO. The maximum absolute atomic E-state index is 10.3. The van der Waals surface area contributed by atoms with Crippen LogP contribution in [0.15, 0.2) is 12.3 Å². The van der Waals surface area contributed by atoms with E-state index in [0.717, 1.165) is 19.1 Å². The highest BCUT2D eigenvalue weighted by Gasteiger charge is 2.10. The van der Waals surface area contributed by atoms with Gasteiger partial charge in [-0.2, -0.15) is 0 Å². The van der Waals surface area contributed by atoms with Gasteiger partial charge in [-0.25, -0.2) is 0 Å². The van der Waals surface area contributed by atoms with Crippen LogP contribution >= 0.6 is 0 Å². The Labute approximate surface area is 65.3 Å². The second kappa shape index (κ2) is 2.46. The maximum Gasteiger partial charge on any atom is 0.168 e. The Morgan fingerprint density at radius 1 is 1.36 bits per heavy atom. The van der Waals surface area contributed by atoms with Crippen LogP contribution in [0.1, 0.15) is 28.0 Å². The van der Waals surface area contributed by atoms with E-state index in [4.69, 9.17) is 0 Å². The molecule has 0 spiro atoms. The van der Waals surface area contributed by atoms with Crippen molar-refractivity contribution in [2.75, 3.05) is 0 Å². The van der Waals surface area contributed by atoms with Crippen LogP contribution in [0.5, 0.6) is 0 Å². The lowest BCUT2D eigenvalue weighted by Crippen LogP contribution is -1.90. The summed E-state index contributed by atoms with van der Waals surface area (Å²) in [5, 5.41) is 0. The molecule has 0 atom stereocenters. The van der Waals surface area contributed by atoms with Gasteiger partial charge in [0.2, 0.25) is 0 Å². The van der Waals surface area contributed by atoms with Gasteiger partial charge in [0.15, 0.2) is 6.29 Å². The first kappa shape index (κ1) is 6.53. The first-order valence-electron chi connectivity index (χ1n) is 3.83. The van der Waals surface area contributed by atoms with E-state index in [2.05, 4.69) is 4.98 Å². The molecule has 0 N–H and O–H groups in total. The van der Waals surface area contributed by atoms with Crippen molar-refractivity contribution in [2.24, 2.45) is 0 Å². The molecule has 2 rings (SSSR count). The molecule has 11 heavy (non-hydrogen) atoms. The lowest BCUT2D eigenvalue weighted by Gasteiger charge is -1.96. The molecular weight excluding hydrogens is 138 g/mol. The molecule has 0 saturated carbocycles. The minimum atomic E-state index is 0.561. The minimum Gasteiger partial charge on any atom is -0.296 e. The summed E-state index contributed by atoms with van der Waals surface area (Å²) in [6.07, 6.45) is 6.07. The van der Waals surface area contributed by atoms with Gasteiger partial charge in [-0.15, -0.1) is 0 Å². The molecule has 1 aromatic heterocycles. The molecule has 1 aromatic rings. The van der Waals surface area contributed by atoms with Gasteiger partial charge in [-0.3, -0.25) is 9.78 Å². The number of aldehydes is 1. The Bertz CT molecular complexity index is 294. The van der Waals surface area contributed by atoms with E-state index < -0.39 is 0 Å². The van der Waals surface area contributed by atoms with Crippen LogP contribution in [-0.4, -0.2) is 11.3 Å². The number of carbonyl (C=O) groups excluding carboxylic acids is 1. The summed E-state index contributed by atoms with van der Waals surface area (Å²) in [6.45, 7) is 0. The van der Waals surface area contributed by atoms with Crippen molar-refractivity contribution in [3.8, 4) is 0 Å². The van der Waals surface area contributed by atoms with Crippen LogP contribution in [0, 0.1) is 0 Å². The largest absolute Gasteiger partial charge is 0.296 e. The molecule has 1 heterocycles. The number of hydrogen-bond acceptors (Lipinski definition) is 2. The molecule has 0 saturated heterocycles. The third-order valence-corrected chi connectivity index (χ3v) is 2.12. The normalized spacial score (nSPS) is 14.5. The summed E-state index contributed by atoms with van der Waals surface area (Å²) in [5.41, 5.74) is 3.18. The van der Waals surface area contributed by atoms with Crippen molar-refractivity contribution in [3.63, 3.8) is 0 Å². The van der Waals surface area contributed by atoms with Crippen molar-refractivity contribution in [1.82, 2.24) is 4.98 Å². The van der Waals surface area contributed by atoms with E-state index >= 15 is 0 Å². The maximum atomic E-state index is 10.3. The van der Waals surface area contributed by atoms with Crippen LogP contribution < -0.4 is 0 Å². The Hall–Kier alpha value is -1.18. The first-order chi connectivity index (χ1) is 5.40. The number of hydrogen-bond donors (Lipinski definition) is 0. The highest BCUT2D eigenvalue weighted by atomic mass is 16.1. The molecule has 56 valence electrons. The topological polar surface area (TPSA) is 30.0 Å².